The Kier molecular flexibility index (Phi) is 36.2. The van der Waals surface area contributed by atoms with Crippen LogP contribution in [0.3, 0.4) is 0 Å². The number of unbranched alkanes of at least 4 members (excludes halogenated alkanes) is 16. The number of carbonyl (C=O) groups excluding carboxylic acids is 1. The molecule has 0 bridgehead atoms. The summed E-state index contributed by atoms with van der Waals surface area (Å²) >= 11 is 5.72. The first-order valence-corrected chi connectivity index (χ1v) is 16.4. The van der Waals surface area contributed by atoms with Crippen molar-refractivity contribution in [1.82, 2.24) is 0 Å². The fourth-order valence-electron chi connectivity index (χ4n) is 3.48. The molecule has 189 valence electrons. The molecule has 0 aliphatic heterocycles. The van der Waals surface area contributed by atoms with Gasteiger partial charge in [0.25, 0.3) is 0 Å². The summed E-state index contributed by atoms with van der Waals surface area (Å²) in [4.78, 5) is 11.3. The number of hydrogen-bond donors (Lipinski definition) is 1. The van der Waals surface area contributed by atoms with Crippen LogP contribution >= 0.6 is 12.6 Å². The van der Waals surface area contributed by atoms with Gasteiger partial charge in [0.1, 0.15) is 6.61 Å². The van der Waals surface area contributed by atoms with Gasteiger partial charge < -0.3 is 4.74 Å². The predicted molar refractivity (Wildman–Crippen MR) is 148 cm³/mol. The van der Waals surface area contributed by atoms with Crippen LogP contribution in [0.4, 0.5) is 0 Å². The molecule has 0 spiro atoms. The van der Waals surface area contributed by atoms with Gasteiger partial charge >= 0.3 is 78.4 Å². The van der Waals surface area contributed by atoms with Crippen LogP contribution in [-0.2, 0) is 9.53 Å². The molecule has 0 unspecified atom stereocenters. The molecule has 0 rings (SSSR count). The number of ether oxygens (including phenoxy) is 1. The van der Waals surface area contributed by atoms with Crippen LogP contribution in [-0.4, -0.2) is 40.9 Å². The van der Waals surface area contributed by atoms with Gasteiger partial charge in [-0.1, -0.05) is 70.4 Å². The minimum absolute atomic E-state index is 0.0725. The molecule has 0 saturated carbocycles. The zero-order valence-electron chi connectivity index (χ0n) is 21.7. The van der Waals surface area contributed by atoms with E-state index in [0.717, 1.165) is 12.8 Å². The molecule has 0 heterocycles. The van der Waals surface area contributed by atoms with Gasteiger partial charge in [-0.05, 0) is 32.1 Å². The Morgan fingerprint density at radius 1 is 0.688 bits per heavy atom. The van der Waals surface area contributed by atoms with Crippen LogP contribution in [0.15, 0.2) is 12.2 Å². The molecule has 0 atom stereocenters. The standard InChI is InChI=1S/C20H38O2S.C8H17.Sn/c1-2-3-4-5-6-7-8-9-10-11-12-13-14-15-16-17-20(21)22-18-19-23;1-3-5-7-8-6-4-2;/h9-10,23H,2-8,11-19H2,1H3;1,3-8H2,2H3;. The van der Waals surface area contributed by atoms with E-state index in [1.807, 2.05) is 0 Å². The van der Waals surface area contributed by atoms with Crippen molar-refractivity contribution in [3.05, 3.63) is 12.2 Å². The molecule has 0 N–H and O–H groups in total. The van der Waals surface area contributed by atoms with Crippen LogP contribution in [0.1, 0.15) is 142 Å². The summed E-state index contributed by atoms with van der Waals surface area (Å²) in [6.07, 6.45) is 30.6. The molecule has 0 aliphatic rings. The van der Waals surface area contributed by atoms with Crippen molar-refractivity contribution in [2.45, 2.75) is 147 Å². The summed E-state index contributed by atoms with van der Waals surface area (Å²) in [5.41, 5.74) is 0. The average Bonchev–Trinajstić information content (AvgIpc) is 2.80. The van der Waals surface area contributed by atoms with Gasteiger partial charge in [0, 0.05) is 12.2 Å². The molecule has 0 aromatic carbocycles. The third-order valence-electron chi connectivity index (χ3n) is 5.53. The molecule has 0 fully saturated rings. The first-order valence-electron chi connectivity index (χ1n) is 13.8. The van der Waals surface area contributed by atoms with Crippen LogP contribution in [0.2, 0.25) is 4.44 Å². The molecule has 0 amide bonds. The van der Waals surface area contributed by atoms with E-state index in [0.29, 0.717) is 18.8 Å². The zero-order valence-corrected chi connectivity index (χ0v) is 25.4. The van der Waals surface area contributed by atoms with E-state index < -0.39 is 0 Å². The Morgan fingerprint density at radius 2 is 1.12 bits per heavy atom. The van der Waals surface area contributed by atoms with Crippen molar-refractivity contribution in [1.29, 1.82) is 0 Å². The Balaban J connectivity index is 0. The first kappa shape index (κ1) is 34.5. The van der Waals surface area contributed by atoms with Crippen molar-refractivity contribution >= 4 is 41.1 Å². The molecule has 4 heteroatoms. The second kappa shape index (κ2) is 33.5. The molecule has 32 heavy (non-hydrogen) atoms. The second-order valence-corrected chi connectivity index (χ2v) is 10.7. The van der Waals surface area contributed by atoms with E-state index in [9.17, 15) is 4.79 Å². The van der Waals surface area contributed by atoms with Gasteiger partial charge in [-0.2, -0.15) is 12.6 Å². The van der Waals surface area contributed by atoms with Crippen LogP contribution < -0.4 is 0 Å². The van der Waals surface area contributed by atoms with E-state index in [1.165, 1.54) is 114 Å². The predicted octanol–water partition coefficient (Wildman–Crippen LogP) is 9.43. The Labute approximate surface area is 221 Å². The Hall–Kier alpha value is 0.359. The molecular weight excluding hydrogens is 519 g/mol. The number of thiol groups is 1. The normalized spacial score (nSPS) is 10.9. The summed E-state index contributed by atoms with van der Waals surface area (Å²) in [5.74, 6) is 0.537. The number of carbonyl (C=O) groups is 1. The monoisotopic (exact) mass is 575 g/mol. The maximum absolute atomic E-state index is 11.3. The Bertz CT molecular complexity index is 368. The topological polar surface area (TPSA) is 26.3 Å². The van der Waals surface area contributed by atoms with Crippen molar-refractivity contribution in [3.8, 4) is 0 Å². The molecule has 0 saturated heterocycles. The van der Waals surface area contributed by atoms with Gasteiger partial charge in [0.15, 0.2) is 0 Å². The third kappa shape index (κ3) is 35.0. The van der Waals surface area contributed by atoms with Crippen molar-refractivity contribution in [2.75, 3.05) is 12.4 Å². The fraction of sp³-hybridized carbons (Fsp3) is 0.893. The summed E-state index contributed by atoms with van der Waals surface area (Å²) in [6, 6.07) is 0. The third-order valence-corrected chi connectivity index (χ3v) is 6.72. The maximum atomic E-state index is 11.3. The van der Waals surface area contributed by atoms with E-state index in [1.54, 1.807) is 22.5 Å². The van der Waals surface area contributed by atoms with Crippen LogP contribution in [0, 0.1) is 0 Å². The summed E-state index contributed by atoms with van der Waals surface area (Å²) in [7, 11) is 0. The molecule has 0 aromatic rings. The van der Waals surface area contributed by atoms with E-state index in [-0.39, 0.29) is 5.97 Å². The van der Waals surface area contributed by atoms with Crippen molar-refractivity contribution in [3.63, 3.8) is 0 Å². The second-order valence-electron chi connectivity index (χ2n) is 8.80. The van der Waals surface area contributed by atoms with Gasteiger partial charge in [-0.25, -0.2) is 0 Å². The number of hydrogen-bond acceptors (Lipinski definition) is 3. The van der Waals surface area contributed by atoms with Gasteiger partial charge in [-0.15, -0.1) is 0 Å². The quantitative estimate of drug-likeness (QED) is 0.0433. The number of esters is 1. The average molecular weight is 575 g/mol. The van der Waals surface area contributed by atoms with Crippen LogP contribution in [0.5, 0.6) is 0 Å². The van der Waals surface area contributed by atoms with Gasteiger partial charge in [-0.3, -0.25) is 4.79 Å². The molecule has 3 radical (unpaired) electrons. The molecule has 0 aliphatic carbocycles. The molecule has 0 aromatic heterocycles. The SMILES string of the molecule is CCCCCCCCC=CCCCCCCCC(=O)OCCS.CCCCCCC[CH2][Sn]. The summed E-state index contributed by atoms with van der Waals surface area (Å²) in [6.45, 7) is 4.97. The number of rotatable bonds is 23. The Morgan fingerprint density at radius 3 is 1.59 bits per heavy atom. The minimum atomic E-state index is -0.0725. The van der Waals surface area contributed by atoms with E-state index >= 15 is 0 Å². The summed E-state index contributed by atoms with van der Waals surface area (Å²) in [5, 5.41) is 0. The van der Waals surface area contributed by atoms with Gasteiger partial charge in [0.2, 0.25) is 0 Å². The molecule has 2 nitrogen and oxygen atoms in total. The van der Waals surface area contributed by atoms with Crippen LogP contribution in [0.25, 0.3) is 0 Å². The van der Waals surface area contributed by atoms with E-state index in [4.69, 9.17) is 4.74 Å². The first-order chi connectivity index (χ1) is 15.7. The van der Waals surface area contributed by atoms with Gasteiger partial charge in [0.05, 0.1) is 0 Å². The number of allylic oxidation sites excluding steroid dienone is 2. The van der Waals surface area contributed by atoms with Crippen molar-refractivity contribution < 1.29 is 9.53 Å². The summed E-state index contributed by atoms with van der Waals surface area (Å²) < 4.78 is 6.44. The molecular formula is C28H55O2SSn. The fourth-order valence-corrected chi connectivity index (χ4v) is 4.28. The van der Waals surface area contributed by atoms with E-state index in [2.05, 4.69) is 38.6 Å². The van der Waals surface area contributed by atoms with Crippen molar-refractivity contribution in [2.24, 2.45) is 0 Å². The zero-order chi connectivity index (χ0) is 24.0.